The molecule has 0 unspecified atom stereocenters. The van der Waals surface area contributed by atoms with Gasteiger partial charge in [-0.15, -0.1) is 0 Å². The van der Waals surface area contributed by atoms with E-state index in [2.05, 4.69) is 0 Å². The number of aromatic nitrogens is 5. The Bertz CT molecular complexity index is 4300. The van der Waals surface area contributed by atoms with Crippen molar-refractivity contribution in [3.05, 3.63) is 200 Å². The fraction of sp³-hybridized carbons (Fsp3) is 0. The van der Waals surface area contributed by atoms with Crippen molar-refractivity contribution in [2.45, 2.75) is 0 Å². The predicted molar refractivity (Wildman–Crippen MR) is 230 cm³/mol. The Labute approximate surface area is 351 Å². The van der Waals surface area contributed by atoms with Crippen molar-refractivity contribution in [2.75, 3.05) is 0 Å². The van der Waals surface area contributed by atoms with Crippen molar-refractivity contribution in [1.29, 1.82) is 0 Å². The molecule has 0 atom stereocenters. The Morgan fingerprint density at radius 3 is 1.59 bits per heavy atom. The van der Waals surface area contributed by atoms with E-state index in [1.54, 1.807) is 24.3 Å². The Morgan fingerprint density at radius 1 is 0.357 bits per heavy atom. The van der Waals surface area contributed by atoms with Crippen LogP contribution in [0.4, 0.5) is 0 Å². The van der Waals surface area contributed by atoms with E-state index in [4.69, 9.17) is 32.8 Å². The first-order valence-electron chi connectivity index (χ1n) is 27.2. The molecule has 0 amide bonds. The summed E-state index contributed by atoms with van der Waals surface area (Å²) in [6.07, 6.45) is 0. The maximum absolute atomic E-state index is 9.85. The lowest BCUT2D eigenvalue weighted by atomic mass is 10.0. The van der Waals surface area contributed by atoms with Crippen LogP contribution < -0.4 is 0 Å². The maximum atomic E-state index is 9.85. The molecule has 0 saturated heterocycles. The molecule has 0 bridgehead atoms. The van der Waals surface area contributed by atoms with E-state index < -0.39 is 138 Å². The van der Waals surface area contributed by atoms with Crippen molar-refractivity contribution in [1.82, 2.24) is 24.1 Å². The van der Waals surface area contributed by atoms with Crippen molar-refractivity contribution in [3.8, 4) is 56.7 Å². The number of nitrogens with zero attached hydrogens (tertiary/aromatic N) is 5. The van der Waals surface area contributed by atoms with E-state index >= 15 is 0 Å². The number of para-hydroxylation sites is 4. The van der Waals surface area contributed by atoms with E-state index in [0.29, 0.717) is 5.56 Å². The van der Waals surface area contributed by atoms with Gasteiger partial charge in [0.2, 0.25) is 5.95 Å². The minimum Gasteiger partial charge on any atom is -0.308 e. The van der Waals surface area contributed by atoms with Crippen LogP contribution in [0.15, 0.2) is 200 Å². The fourth-order valence-electron chi connectivity index (χ4n) is 6.89. The van der Waals surface area contributed by atoms with Crippen LogP contribution >= 0.6 is 0 Å². The molecule has 3 heterocycles. The summed E-state index contributed by atoms with van der Waals surface area (Å²) in [7, 11) is 0. The number of rotatable bonds is 6. The summed E-state index contributed by atoms with van der Waals surface area (Å²) in [5, 5.41) is -1.07. The summed E-state index contributed by atoms with van der Waals surface area (Å²) in [5.74, 6) is -0.680. The summed E-state index contributed by atoms with van der Waals surface area (Å²) in [4.78, 5) is 14.7. The monoisotopic (exact) mass is 735 g/mol. The van der Waals surface area contributed by atoms with Gasteiger partial charge in [-0.3, -0.25) is 4.57 Å². The molecule has 0 aliphatic carbocycles. The lowest BCUT2D eigenvalue weighted by Crippen LogP contribution is -2.07. The highest BCUT2D eigenvalue weighted by Crippen LogP contribution is 2.38. The SMILES string of the molecule is [2H]c1c([2H])c([2H])c(-c2c([2H])c([2H])c3c4c([2H])c([2H])c([2H])c([2H])c4n(-c4ccccc4-c4nc(-c5ccc(-c6ccccc6)cc5)nc(-n5c6c([2H])c([2H])c([2H])c([2H])c6c6c([2H])c([2H])c([2H])c([2H])c65)n4)c3c2[2H])c([2H])c1[2H]. The van der Waals surface area contributed by atoms with Gasteiger partial charge in [-0.05, 0) is 58.6 Å². The third-order valence-corrected chi connectivity index (χ3v) is 9.40. The minimum absolute atomic E-state index is 0.0150. The first-order chi connectivity index (χ1) is 36.1. The minimum atomic E-state index is -0.780. The molecule has 262 valence electrons. The van der Waals surface area contributed by atoms with Crippen LogP contribution in [0.3, 0.4) is 0 Å². The van der Waals surface area contributed by atoms with Crippen LogP contribution in [-0.4, -0.2) is 24.1 Å². The summed E-state index contributed by atoms with van der Waals surface area (Å²) in [6.45, 7) is 0. The molecule has 11 aromatic rings. The van der Waals surface area contributed by atoms with Crippen LogP contribution in [0.5, 0.6) is 0 Å². The largest absolute Gasteiger partial charge is 0.308 e. The molecule has 3 aromatic heterocycles. The van der Waals surface area contributed by atoms with E-state index in [0.717, 1.165) is 15.7 Å². The molecule has 0 radical (unpaired) electrons. The molecule has 11 rings (SSSR count). The summed E-state index contributed by atoms with van der Waals surface area (Å²) < 4.78 is 181. The maximum Gasteiger partial charge on any atom is 0.238 e. The number of hydrogen-bond donors (Lipinski definition) is 0. The average Bonchev–Trinajstić information content (AvgIpc) is 4.11. The van der Waals surface area contributed by atoms with Gasteiger partial charge in [0.1, 0.15) is 0 Å². The van der Waals surface area contributed by atoms with Crippen LogP contribution in [0.25, 0.3) is 100 Å². The first-order valence-corrected chi connectivity index (χ1v) is 17.2. The van der Waals surface area contributed by atoms with Crippen LogP contribution in [0, 0.1) is 0 Å². The molecule has 0 aliphatic heterocycles. The lowest BCUT2D eigenvalue weighted by molar-refractivity contribution is 0.951. The molecule has 0 saturated carbocycles. The van der Waals surface area contributed by atoms with Gasteiger partial charge in [0.25, 0.3) is 0 Å². The van der Waals surface area contributed by atoms with Crippen LogP contribution in [0.2, 0.25) is 0 Å². The quantitative estimate of drug-likeness (QED) is 0.171. The third-order valence-electron chi connectivity index (χ3n) is 9.40. The number of benzene rings is 8. The zero-order chi connectivity index (χ0) is 54.4. The molecule has 5 nitrogen and oxygen atoms in total. The first kappa shape index (κ1) is 17.7. The Kier molecular flexibility index (Phi) is 4.12. The molecule has 8 aromatic carbocycles. The summed E-state index contributed by atoms with van der Waals surface area (Å²) >= 11 is 0. The zero-order valence-corrected chi connectivity index (χ0v) is 28.7. The van der Waals surface area contributed by atoms with Gasteiger partial charge >= 0.3 is 0 Å². The summed E-state index contributed by atoms with van der Waals surface area (Å²) in [5.41, 5.74) is -0.243. The second-order valence-electron chi connectivity index (χ2n) is 12.6. The van der Waals surface area contributed by atoms with E-state index in [1.807, 2.05) is 42.5 Å². The number of fused-ring (bicyclic) bond motifs is 6. The van der Waals surface area contributed by atoms with Crippen LogP contribution in [0.1, 0.15) is 27.4 Å². The highest BCUT2D eigenvalue weighted by molar-refractivity contribution is 6.11. The van der Waals surface area contributed by atoms with Crippen molar-refractivity contribution in [3.63, 3.8) is 0 Å². The van der Waals surface area contributed by atoms with E-state index in [9.17, 15) is 9.60 Å². The van der Waals surface area contributed by atoms with Gasteiger partial charge in [-0.25, -0.2) is 4.98 Å². The van der Waals surface area contributed by atoms with Gasteiger partial charge in [0.05, 0.1) is 55.2 Å². The zero-order valence-electron chi connectivity index (χ0n) is 48.7. The highest BCUT2D eigenvalue weighted by atomic mass is 15.2. The Balaban J connectivity index is 1.30. The van der Waals surface area contributed by atoms with Gasteiger partial charge in [0.15, 0.2) is 11.6 Å². The third kappa shape index (κ3) is 5.21. The van der Waals surface area contributed by atoms with Crippen molar-refractivity contribution >= 4 is 43.6 Å². The molecular formula is C51H33N5. The smallest absolute Gasteiger partial charge is 0.238 e. The summed E-state index contributed by atoms with van der Waals surface area (Å²) in [6, 6.07) is 8.75. The second kappa shape index (κ2) is 13.0. The van der Waals surface area contributed by atoms with E-state index in [-0.39, 0.29) is 66.5 Å². The average molecular weight is 736 g/mol. The highest BCUT2D eigenvalue weighted by Gasteiger charge is 2.21. The lowest BCUT2D eigenvalue weighted by Gasteiger charge is -2.15. The van der Waals surface area contributed by atoms with E-state index in [1.165, 1.54) is 16.7 Å². The van der Waals surface area contributed by atoms with Gasteiger partial charge in [-0.1, -0.05) is 163 Å². The van der Waals surface area contributed by atoms with Gasteiger partial charge in [-0.2, -0.15) is 9.97 Å². The van der Waals surface area contributed by atoms with Gasteiger partial charge in [0, 0.05) is 32.7 Å². The number of hydrogen-bond acceptors (Lipinski definition) is 3. The molecule has 0 aliphatic rings. The Hall–Kier alpha value is -7.63. The molecule has 5 heteroatoms. The van der Waals surface area contributed by atoms with Crippen molar-refractivity contribution in [2.24, 2.45) is 0 Å². The van der Waals surface area contributed by atoms with Gasteiger partial charge < -0.3 is 4.57 Å². The Morgan fingerprint density at radius 2 is 0.893 bits per heavy atom. The standard InChI is InChI=1S/C51H33N5/c1-3-15-34(16-4-1)36-27-29-37(30-28-36)49-52-50(54-51(53-49)56-45-24-12-8-19-39(45)40-20-9-13-25-46(40)56)43-22-10-14-26-47(43)55-44-23-11-7-21-41(44)42-32-31-38(33-48(42)55)35-17-5-2-6-18-35/h1-33H/i2D,5D,6D,7D,8D,9D,11D,12D,13D,17D,18D,19D,20D,21D,23D,24D,25D,31D,32D,33D. The molecule has 0 fully saturated rings. The molecular weight excluding hydrogens is 683 g/mol. The molecule has 0 N–H and O–H groups in total. The normalized spacial score (nSPS) is 16.6. The molecule has 56 heavy (non-hydrogen) atoms. The van der Waals surface area contributed by atoms with Crippen molar-refractivity contribution < 1.29 is 27.4 Å². The van der Waals surface area contributed by atoms with Crippen LogP contribution in [-0.2, 0) is 0 Å². The fourth-order valence-corrected chi connectivity index (χ4v) is 6.89. The second-order valence-corrected chi connectivity index (χ2v) is 12.6. The molecule has 0 spiro atoms. The topological polar surface area (TPSA) is 48.5 Å². The predicted octanol–water partition coefficient (Wildman–Crippen LogP) is 12.7.